The van der Waals surface area contributed by atoms with Crippen LogP contribution in [0.25, 0.3) is 0 Å². The van der Waals surface area contributed by atoms with Crippen molar-refractivity contribution >= 4 is 23.9 Å². The van der Waals surface area contributed by atoms with Crippen LogP contribution in [-0.4, -0.2) is 218 Å². The van der Waals surface area contributed by atoms with E-state index in [9.17, 15) is 85.6 Å². The summed E-state index contributed by atoms with van der Waals surface area (Å²) in [6, 6.07) is 0. The highest BCUT2D eigenvalue weighted by Crippen LogP contribution is 2.41. The van der Waals surface area contributed by atoms with Gasteiger partial charge in [-0.05, 0) is 84.0 Å². The Balaban J connectivity index is 1.53. The van der Waals surface area contributed by atoms with Crippen molar-refractivity contribution in [2.75, 3.05) is 0 Å². The van der Waals surface area contributed by atoms with Gasteiger partial charge in [-0.2, -0.15) is 0 Å². The number of carbonyl (C=O) groups excluding carboxylic acids is 3. The summed E-state index contributed by atoms with van der Waals surface area (Å²) in [5.74, 6) is -10.0. The van der Waals surface area contributed by atoms with Gasteiger partial charge in [-0.3, -0.25) is 14.4 Å². The summed E-state index contributed by atoms with van der Waals surface area (Å²) in [7, 11) is 0. The molecule has 4 rings (SSSR count). The van der Waals surface area contributed by atoms with E-state index >= 15 is 0 Å². The Kier molecular flexibility index (Phi) is 28.7. The number of cyclic esters (lactones) is 1. The van der Waals surface area contributed by atoms with Crippen LogP contribution in [0.5, 0.6) is 0 Å². The highest BCUT2D eigenvalue weighted by atomic mass is 16.7. The van der Waals surface area contributed by atoms with Gasteiger partial charge in [-0.25, -0.2) is 4.79 Å². The van der Waals surface area contributed by atoms with Gasteiger partial charge in [-0.15, -0.1) is 0 Å². The number of carbonyl (C=O) groups is 4. The van der Waals surface area contributed by atoms with E-state index < -0.39 is 194 Å². The van der Waals surface area contributed by atoms with Gasteiger partial charge in [0.15, 0.2) is 12.1 Å². The topological polar surface area (TPSA) is 399 Å². The van der Waals surface area contributed by atoms with Crippen LogP contribution in [0.15, 0.2) is 12.2 Å². The number of aliphatic carboxylic acids is 1. The monoisotopic (exact) mass is 1170 g/mol. The van der Waals surface area contributed by atoms with Crippen LogP contribution in [0.4, 0.5) is 0 Å². The molecule has 4 aliphatic rings. The average molecular weight is 1170 g/mol. The molecule has 0 aliphatic carbocycles. The first kappa shape index (κ1) is 70.5. The van der Waals surface area contributed by atoms with Crippen LogP contribution in [0.2, 0.25) is 0 Å². The summed E-state index contributed by atoms with van der Waals surface area (Å²) in [6.07, 6.45) is -20.3. The van der Waals surface area contributed by atoms with Crippen molar-refractivity contribution in [1.82, 2.24) is 0 Å². The Morgan fingerprint density at radius 2 is 1.40 bits per heavy atom. The number of ether oxygens (including phenoxy) is 7. The van der Waals surface area contributed by atoms with E-state index in [0.717, 1.165) is 12.5 Å². The average Bonchev–Trinajstić information content (AvgIpc) is 4.22. The Labute approximate surface area is 475 Å². The number of aliphatic hydroxyl groups excluding tert-OH is 11. The molecule has 13 N–H and O–H groups in total. The van der Waals surface area contributed by atoms with Gasteiger partial charge in [0.25, 0.3) is 0 Å². The highest BCUT2D eigenvalue weighted by molar-refractivity contribution is 5.90. The van der Waals surface area contributed by atoms with Gasteiger partial charge in [0, 0.05) is 61.9 Å². The summed E-state index contributed by atoms with van der Waals surface area (Å²) in [5, 5.41) is 143. The van der Waals surface area contributed by atoms with Crippen molar-refractivity contribution in [3.8, 4) is 0 Å². The Morgan fingerprint density at radius 3 is 2.06 bits per heavy atom. The Hall–Kier alpha value is -3.02. The van der Waals surface area contributed by atoms with Gasteiger partial charge >= 0.3 is 23.9 Å². The lowest BCUT2D eigenvalue weighted by Gasteiger charge is -2.45. The quantitative estimate of drug-likeness (QED) is 0.0474. The van der Waals surface area contributed by atoms with Crippen molar-refractivity contribution in [2.45, 2.75) is 293 Å². The van der Waals surface area contributed by atoms with Crippen LogP contribution < -0.4 is 0 Å². The van der Waals surface area contributed by atoms with E-state index in [1.54, 1.807) is 48.5 Å². The molecule has 24 heteroatoms. The van der Waals surface area contributed by atoms with E-state index in [2.05, 4.69) is 0 Å². The van der Waals surface area contributed by atoms with Gasteiger partial charge in [0.1, 0.15) is 43.0 Å². The fourth-order valence-electron chi connectivity index (χ4n) is 11.5. The minimum atomic E-state index is -2.47. The second-order valence-electron chi connectivity index (χ2n) is 23.9. The maximum atomic E-state index is 13.6. The van der Waals surface area contributed by atoms with E-state index in [0.29, 0.717) is 6.42 Å². The molecule has 81 heavy (non-hydrogen) atoms. The van der Waals surface area contributed by atoms with E-state index in [-0.39, 0.29) is 83.5 Å². The number of unbranched alkanes of at least 4 members (excludes halogenated alkanes) is 1. The van der Waals surface area contributed by atoms with Crippen molar-refractivity contribution in [1.29, 1.82) is 0 Å². The first-order valence-electron chi connectivity index (χ1n) is 29.3. The number of carboxylic acids is 1. The molecule has 4 heterocycles. The summed E-state index contributed by atoms with van der Waals surface area (Å²) < 4.78 is 41.0. The number of hydrogen-bond acceptors (Lipinski definition) is 23. The lowest BCUT2D eigenvalue weighted by molar-refractivity contribution is -0.333. The molecule has 0 saturated carbocycles. The summed E-state index contributed by atoms with van der Waals surface area (Å²) >= 11 is 0. The smallest absolute Gasteiger partial charge is 0.330 e. The van der Waals surface area contributed by atoms with Crippen LogP contribution in [0, 0.1) is 29.6 Å². The van der Waals surface area contributed by atoms with Crippen LogP contribution in [0.1, 0.15) is 165 Å². The number of esters is 3. The predicted octanol–water partition coefficient (Wildman–Crippen LogP) is 1.18. The summed E-state index contributed by atoms with van der Waals surface area (Å²) in [5.41, 5.74) is 0. The van der Waals surface area contributed by atoms with Gasteiger partial charge < -0.3 is 99.5 Å². The normalized spacial score (nSPS) is 40.3. The number of rotatable bonds is 15. The molecule has 26 atom stereocenters. The molecule has 0 aromatic carbocycles. The molecule has 0 radical (unpaired) electrons. The third-order valence-electron chi connectivity index (χ3n) is 16.9. The molecule has 0 aromatic rings. The molecule has 470 valence electrons. The number of carboxylic acid groups (broad SMARTS) is 1. The van der Waals surface area contributed by atoms with Gasteiger partial charge in [0.05, 0.1) is 79.4 Å². The Morgan fingerprint density at radius 1 is 0.728 bits per heavy atom. The number of epoxide rings is 1. The molecule has 2 bridgehead atoms. The minimum Gasteiger partial charge on any atom is -0.481 e. The third-order valence-corrected chi connectivity index (χ3v) is 16.9. The zero-order chi connectivity index (χ0) is 60.6. The second kappa shape index (κ2) is 33.0. The van der Waals surface area contributed by atoms with Crippen LogP contribution >= 0.6 is 0 Å². The maximum Gasteiger partial charge on any atom is 0.330 e. The molecule has 0 amide bonds. The van der Waals surface area contributed by atoms with Gasteiger partial charge in [0.2, 0.25) is 0 Å². The van der Waals surface area contributed by atoms with E-state index in [1.807, 2.05) is 6.92 Å². The maximum absolute atomic E-state index is 13.6. The molecule has 0 spiro atoms. The van der Waals surface area contributed by atoms with E-state index in [1.165, 1.54) is 6.08 Å². The zero-order valence-corrected chi connectivity index (χ0v) is 48.4. The molecule has 3 saturated heterocycles. The molecular weight excluding hydrogens is 1070 g/mol. The second-order valence-corrected chi connectivity index (χ2v) is 23.9. The minimum absolute atomic E-state index is 0.0265. The van der Waals surface area contributed by atoms with Crippen molar-refractivity contribution in [3.63, 3.8) is 0 Å². The SMILES string of the molecule is CCCCC(=O)O[C@@H]1C[C@@H](OC(C)C(C)C(O)C(C)C(O)C(C)C2OC(=O)/C=C\CC(O)CC(O)CC(O)CCC(C)C(O)C[C@]3(O)O[C@H](CC(O)CC(OC(=O)CC(=O)O)CCCC(O)C4OC4C2C)C[C@H](O)[C@H]3O)O[C@H](C)[C@@H]1O. The molecular formula is C57H98O24. The first-order valence-corrected chi connectivity index (χ1v) is 29.3. The zero-order valence-electron chi connectivity index (χ0n) is 48.4. The third kappa shape index (κ3) is 22.1. The highest BCUT2D eigenvalue weighted by Gasteiger charge is 2.53. The molecule has 18 unspecified atom stereocenters. The van der Waals surface area contributed by atoms with Crippen molar-refractivity contribution < 1.29 is 119 Å². The number of hydrogen-bond donors (Lipinski definition) is 13. The Bertz CT molecular complexity index is 1940. The lowest BCUT2D eigenvalue weighted by atomic mass is 9.77. The van der Waals surface area contributed by atoms with Gasteiger partial charge in [-0.1, -0.05) is 54.0 Å². The van der Waals surface area contributed by atoms with Crippen molar-refractivity contribution in [3.05, 3.63) is 12.2 Å². The molecule has 3 fully saturated rings. The largest absolute Gasteiger partial charge is 0.481 e. The fourth-order valence-corrected chi connectivity index (χ4v) is 11.5. The molecule has 4 aliphatic heterocycles. The fraction of sp³-hybridized carbons (Fsp3) is 0.895. The lowest BCUT2D eigenvalue weighted by Crippen LogP contribution is -2.59. The standard InChI is InChI=1S/C57H98O24/c1-9-10-16-46(67)78-44-25-49(76-34(8)52(44)72)75-33(7)29(3)50(70)30(4)51(71)31(5)53-32(6)54-55(80-54)41(62)15-12-14-39(77-48(69)26-45(65)66)22-38(61)23-40-24-42(63)56(73)57(74,81-40)27-43(64)28(2)18-19-36(59)21-37(60)20-35(58)13-11-17-47(68)79-53/h11,17,28-44,49-56,58-64,70-74H,9-10,12-16,18-27H2,1-8H3,(H,65,66)/b17-11-/t28?,29?,30?,31?,32?,33?,34-,35?,36?,37?,38?,39?,40-,41?,42+,43?,44-,49+,50?,51?,52+,53?,54?,55?,56-,57+/m1/s1. The van der Waals surface area contributed by atoms with Crippen LogP contribution in [0.3, 0.4) is 0 Å². The summed E-state index contributed by atoms with van der Waals surface area (Å²) in [6.45, 7) is 13.6. The van der Waals surface area contributed by atoms with Crippen LogP contribution in [-0.2, 0) is 52.3 Å². The molecule has 0 aromatic heterocycles. The molecule has 24 nitrogen and oxygen atoms in total. The van der Waals surface area contributed by atoms with Crippen molar-refractivity contribution in [2.24, 2.45) is 29.6 Å². The van der Waals surface area contributed by atoms with E-state index in [4.69, 9.17) is 33.2 Å². The predicted molar refractivity (Wildman–Crippen MR) is 286 cm³/mol. The first-order chi connectivity index (χ1) is 37.9. The summed E-state index contributed by atoms with van der Waals surface area (Å²) in [4.78, 5) is 50.0. The number of fused-ring (bicyclic) bond motifs is 3. The number of aliphatic hydroxyl groups is 12.